The number of benzene rings is 4. The van der Waals surface area contributed by atoms with Crippen LogP contribution in [0.5, 0.6) is 17.2 Å². The SMILES string of the molecule is Cc1c(COc2cc(OCc3cncc(C#N)c3)c(CNC[C@@H](O)CC(=O)O)cc2Cl)cccc1-c1cccc(-c2ccc(OCCNC[C@@H](O)CC(=O)O)c(Cl)c2)c1C. The van der Waals surface area contributed by atoms with E-state index >= 15 is 0 Å². The Balaban J connectivity index is 1.30. The molecule has 0 bridgehead atoms. The number of carboxylic acids is 2. The molecule has 5 rings (SSSR count). The summed E-state index contributed by atoms with van der Waals surface area (Å²) in [6, 6.07) is 24.9. The molecule has 0 spiro atoms. The number of halogens is 2. The van der Waals surface area contributed by atoms with Crippen molar-refractivity contribution in [3.05, 3.63) is 129 Å². The first-order valence-electron chi connectivity index (χ1n) is 19.1. The Morgan fingerprint density at radius 3 is 2.08 bits per heavy atom. The van der Waals surface area contributed by atoms with Gasteiger partial charge in [0.25, 0.3) is 0 Å². The number of aliphatic hydroxyl groups is 2. The lowest BCUT2D eigenvalue weighted by atomic mass is 9.89. The molecular weight excluding hydrogens is 811 g/mol. The van der Waals surface area contributed by atoms with Gasteiger partial charge < -0.3 is 45.3 Å². The van der Waals surface area contributed by atoms with Crippen LogP contribution in [0.3, 0.4) is 0 Å². The van der Waals surface area contributed by atoms with Crippen LogP contribution < -0.4 is 24.8 Å². The molecule has 13 nitrogen and oxygen atoms in total. The van der Waals surface area contributed by atoms with E-state index in [2.05, 4.69) is 40.7 Å². The zero-order valence-corrected chi connectivity index (χ0v) is 34.6. The van der Waals surface area contributed by atoms with Gasteiger partial charge in [-0.25, -0.2) is 0 Å². The summed E-state index contributed by atoms with van der Waals surface area (Å²) >= 11 is 13.4. The first-order valence-corrected chi connectivity index (χ1v) is 19.8. The smallest absolute Gasteiger partial charge is 0.306 e. The van der Waals surface area contributed by atoms with Crippen LogP contribution in [-0.2, 0) is 29.3 Å². The fourth-order valence-electron chi connectivity index (χ4n) is 6.48. The molecule has 0 aliphatic heterocycles. The Labute approximate surface area is 358 Å². The first-order chi connectivity index (χ1) is 28.8. The van der Waals surface area contributed by atoms with Crippen molar-refractivity contribution < 1.29 is 44.2 Å². The number of nitriles is 1. The molecule has 4 aromatic carbocycles. The number of nitrogens with zero attached hydrogens (tertiary/aromatic N) is 2. The summed E-state index contributed by atoms with van der Waals surface area (Å²) in [4.78, 5) is 25.8. The molecule has 5 aromatic rings. The molecule has 0 saturated heterocycles. The third kappa shape index (κ3) is 12.9. The van der Waals surface area contributed by atoms with Crippen molar-refractivity contribution in [2.45, 2.75) is 58.7 Å². The molecule has 0 unspecified atom stereocenters. The Morgan fingerprint density at radius 2 is 1.38 bits per heavy atom. The Hall–Kier alpha value is -5.72. The minimum atomic E-state index is -1.10. The van der Waals surface area contributed by atoms with E-state index in [4.69, 9.17) is 47.6 Å². The summed E-state index contributed by atoms with van der Waals surface area (Å²) in [7, 11) is 0. The fraction of sp³-hybridized carbons (Fsp3) is 0.289. The highest BCUT2D eigenvalue weighted by Gasteiger charge is 2.17. The highest BCUT2D eigenvalue weighted by atomic mass is 35.5. The number of aliphatic hydroxyl groups excluding tert-OH is 2. The third-order valence-corrected chi connectivity index (χ3v) is 10.2. The molecule has 0 fully saturated rings. The minimum Gasteiger partial charge on any atom is -0.491 e. The van der Waals surface area contributed by atoms with Gasteiger partial charge in [0.2, 0.25) is 0 Å². The van der Waals surface area contributed by atoms with Gasteiger partial charge in [-0.2, -0.15) is 5.26 Å². The van der Waals surface area contributed by atoms with Gasteiger partial charge in [-0.15, -0.1) is 0 Å². The van der Waals surface area contributed by atoms with E-state index in [-0.39, 0.29) is 45.9 Å². The van der Waals surface area contributed by atoms with E-state index in [0.29, 0.717) is 50.5 Å². The molecule has 0 radical (unpaired) electrons. The van der Waals surface area contributed by atoms with E-state index in [1.165, 1.54) is 6.20 Å². The van der Waals surface area contributed by atoms with E-state index in [9.17, 15) is 25.1 Å². The highest BCUT2D eigenvalue weighted by molar-refractivity contribution is 6.32. The van der Waals surface area contributed by atoms with E-state index < -0.39 is 30.6 Å². The fourth-order valence-corrected chi connectivity index (χ4v) is 6.96. The van der Waals surface area contributed by atoms with Gasteiger partial charge in [0.05, 0.1) is 40.7 Å². The van der Waals surface area contributed by atoms with Crippen molar-refractivity contribution in [2.75, 3.05) is 26.2 Å². The number of carbonyl (C=O) groups is 2. The zero-order valence-electron chi connectivity index (χ0n) is 33.1. The molecule has 6 N–H and O–H groups in total. The van der Waals surface area contributed by atoms with Crippen LogP contribution in [-0.4, -0.2) is 75.8 Å². The lowest BCUT2D eigenvalue weighted by Gasteiger charge is -2.19. The van der Waals surface area contributed by atoms with Gasteiger partial charge in [-0.05, 0) is 77.1 Å². The Morgan fingerprint density at radius 1 is 0.733 bits per heavy atom. The van der Waals surface area contributed by atoms with E-state index in [1.54, 1.807) is 24.4 Å². The summed E-state index contributed by atoms with van der Waals surface area (Å²) in [6.45, 7) is 5.46. The Bertz CT molecular complexity index is 2340. The summed E-state index contributed by atoms with van der Waals surface area (Å²) in [5.74, 6) is -0.839. The standard InChI is InChI=1S/C45H46Cl2N4O9/c1-27-32(26-60-43-18-42(59-25-30-13-29(19-48)20-50-21-30)33(15-40(43)47)22-51-24-35(53)17-45(56)57)5-3-7-37(27)38-8-4-6-36(28(38)2)31-9-10-41(39(46)14-31)58-12-11-49-23-34(52)16-44(54)55/h3-10,13-15,18,20-21,34-35,49,51-53H,11-12,16-17,22-26H2,1-2H3,(H,54,55)(H,56,57)/t34-,35-/m0/s1. The van der Waals surface area contributed by atoms with Gasteiger partial charge in [0.15, 0.2) is 0 Å². The summed E-state index contributed by atoms with van der Waals surface area (Å²) in [6.07, 6.45) is 0.276. The number of aliphatic carboxylic acids is 2. The first kappa shape index (κ1) is 45.4. The monoisotopic (exact) mass is 856 g/mol. The lowest BCUT2D eigenvalue weighted by Crippen LogP contribution is -2.31. The number of ether oxygens (including phenoxy) is 3. The van der Waals surface area contributed by atoms with E-state index in [0.717, 1.165) is 38.9 Å². The second kappa shape index (κ2) is 22.0. The summed E-state index contributed by atoms with van der Waals surface area (Å²) in [5.41, 5.74) is 8.69. The molecule has 0 saturated carbocycles. The number of aromatic nitrogens is 1. The topological polar surface area (TPSA) is 203 Å². The Kier molecular flexibility index (Phi) is 16.7. The van der Waals surface area contributed by atoms with Crippen LogP contribution in [0.4, 0.5) is 0 Å². The van der Waals surface area contributed by atoms with Crippen LogP contribution in [0.15, 0.2) is 85.2 Å². The van der Waals surface area contributed by atoms with Gasteiger partial charge in [0, 0.05) is 55.8 Å². The van der Waals surface area contributed by atoms with Crippen molar-refractivity contribution in [3.8, 4) is 45.6 Å². The maximum Gasteiger partial charge on any atom is 0.306 e. The molecule has 0 aliphatic carbocycles. The normalized spacial score (nSPS) is 12.0. The van der Waals surface area contributed by atoms with Crippen molar-refractivity contribution in [1.29, 1.82) is 5.26 Å². The predicted molar refractivity (Wildman–Crippen MR) is 227 cm³/mol. The van der Waals surface area contributed by atoms with Crippen LogP contribution >= 0.6 is 23.2 Å². The number of nitrogens with one attached hydrogen (secondary N) is 2. The third-order valence-electron chi connectivity index (χ3n) is 9.56. The predicted octanol–water partition coefficient (Wildman–Crippen LogP) is 7.10. The molecule has 1 heterocycles. The van der Waals surface area contributed by atoms with Crippen molar-refractivity contribution >= 4 is 35.1 Å². The lowest BCUT2D eigenvalue weighted by molar-refractivity contribution is -0.140. The van der Waals surface area contributed by atoms with Crippen molar-refractivity contribution in [3.63, 3.8) is 0 Å². The molecule has 314 valence electrons. The minimum absolute atomic E-state index is 0.0370. The second-order valence-corrected chi connectivity index (χ2v) is 14.9. The second-order valence-electron chi connectivity index (χ2n) is 14.1. The van der Waals surface area contributed by atoms with Crippen molar-refractivity contribution in [1.82, 2.24) is 15.6 Å². The largest absolute Gasteiger partial charge is 0.491 e. The molecular formula is C45H46Cl2N4O9. The highest BCUT2D eigenvalue weighted by Crippen LogP contribution is 2.38. The molecule has 0 aliphatic rings. The number of pyridine rings is 1. The number of carboxylic acid groups (broad SMARTS) is 2. The van der Waals surface area contributed by atoms with Crippen LogP contribution in [0, 0.1) is 25.2 Å². The number of rotatable bonds is 22. The number of hydrogen-bond donors (Lipinski definition) is 6. The zero-order chi connectivity index (χ0) is 43.2. The van der Waals surface area contributed by atoms with Gasteiger partial charge in [0.1, 0.15) is 43.1 Å². The quantitative estimate of drug-likeness (QED) is 0.0385. The maximum atomic E-state index is 11.0. The van der Waals surface area contributed by atoms with Crippen LogP contribution in [0.1, 0.15) is 46.2 Å². The summed E-state index contributed by atoms with van der Waals surface area (Å²) < 4.78 is 18.3. The van der Waals surface area contributed by atoms with Crippen molar-refractivity contribution in [2.24, 2.45) is 0 Å². The van der Waals surface area contributed by atoms with Gasteiger partial charge >= 0.3 is 11.9 Å². The van der Waals surface area contributed by atoms with Crippen LogP contribution in [0.25, 0.3) is 22.3 Å². The van der Waals surface area contributed by atoms with Gasteiger partial charge in [-0.3, -0.25) is 14.6 Å². The van der Waals surface area contributed by atoms with E-state index in [1.807, 2.05) is 49.4 Å². The average Bonchev–Trinajstić information content (AvgIpc) is 3.20. The molecule has 0 amide bonds. The molecule has 15 heteroatoms. The number of hydrogen-bond acceptors (Lipinski definition) is 11. The maximum absolute atomic E-state index is 11.0. The summed E-state index contributed by atoms with van der Waals surface area (Å²) in [5, 5.41) is 53.6. The average molecular weight is 858 g/mol. The van der Waals surface area contributed by atoms with Gasteiger partial charge in [-0.1, -0.05) is 65.7 Å². The molecule has 60 heavy (non-hydrogen) atoms. The molecule has 2 atom stereocenters. The van der Waals surface area contributed by atoms with Crippen LogP contribution in [0.2, 0.25) is 10.0 Å². The molecule has 1 aromatic heterocycles.